The van der Waals surface area contributed by atoms with E-state index in [-0.39, 0.29) is 0 Å². The highest BCUT2D eigenvalue weighted by molar-refractivity contribution is 8.00. The molecule has 2 rings (SSSR count). The van der Waals surface area contributed by atoms with E-state index >= 15 is 0 Å². The number of carboxylic acid groups (broad SMARTS) is 2. The number of hydrogen-bond acceptors (Lipinski definition) is 6. The molecule has 0 aliphatic carbocycles. The average molecular weight is 356 g/mol. The Balaban J connectivity index is 0.000000648. The lowest BCUT2D eigenvalue weighted by molar-refractivity contribution is -0.136. The fourth-order valence-corrected chi connectivity index (χ4v) is 3.08. The maximum Gasteiger partial charge on any atom is 0.316 e. The van der Waals surface area contributed by atoms with Gasteiger partial charge in [0.2, 0.25) is 0 Å². The van der Waals surface area contributed by atoms with E-state index in [1.165, 1.54) is 11.8 Å². The number of thioether (sulfide) groups is 1. The lowest BCUT2D eigenvalue weighted by atomic mass is 9.97. The Morgan fingerprint density at radius 3 is 2.50 bits per heavy atom. The second kappa shape index (κ2) is 10.1. The predicted octanol–water partition coefficient (Wildman–Crippen LogP) is 1.59. The lowest BCUT2D eigenvalue weighted by Gasteiger charge is -2.22. The lowest BCUT2D eigenvalue weighted by Crippen LogP contribution is -2.28. The van der Waals surface area contributed by atoms with Crippen LogP contribution >= 0.6 is 11.8 Å². The molecular weight excluding hydrogens is 332 g/mol. The van der Waals surface area contributed by atoms with Crippen LogP contribution in [0.2, 0.25) is 0 Å². The number of aromatic nitrogens is 3. The second-order valence-electron chi connectivity index (χ2n) is 5.38. The summed E-state index contributed by atoms with van der Waals surface area (Å²) >= 11 is 1.23. The first-order valence-electron chi connectivity index (χ1n) is 7.70. The first-order chi connectivity index (χ1) is 11.4. The van der Waals surface area contributed by atoms with Gasteiger partial charge in [0.25, 0.3) is 5.97 Å². The van der Waals surface area contributed by atoms with Crippen molar-refractivity contribution in [3.63, 3.8) is 0 Å². The topological polar surface area (TPSA) is 117 Å². The molecule has 9 heteroatoms. The van der Waals surface area contributed by atoms with Gasteiger partial charge in [0.15, 0.2) is 5.16 Å². The molecule has 0 amide bonds. The molecule has 3 N–H and O–H groups in total. The van der Waals surface area contributed by atoms with Crippen molar-refractivity contribution in [3.8, 4) is 0 Å². The van der Waals surface area contributed by atoms with Crippen molar-refractivity contribution in [1.82, 2.24) is 20.1 Å². The molecule has 0 radical (unpaired) electrons. The Labute approximate surface area is 145 Å². The van der Waals surface area contributed by atoms with E-state index in [0.29, 0.717) is 17.6 Å². The Morgan fingerprint density at radius 1 is 1.42 bits per heavy atom. The molecule has 1 aliphatic rings. The molecule has 1 atom stereocenters. The van der Waals surface area contributed by atoms with Gasteiger partial charge in [0.05, 0.1) is 0 Å². The minimum Gasteiger partial charge on any atom is -0.481 e. The van der Waals surface area contributed by atoms with Crippen molar-refractivity contribution < 1.29 is 19.8 Å². The Morgan fingerprint density at radius 2 is 2.00 bits per heavy atom. The molecule has 1 unspecified atom stereocenters. The summed E-state index contributed by atoms with van der Waals surface area (Å²) in [7, 11) is 0. The minimum absolute atomic E-state index is 0.387. The maximum absolute atomic E-state index is 11.0. The first-order valence-corrected chi connectivity index (χ1v) is 8.58. The van der Waals surface area contributed by atoms with Crippen molar-refractivity contribution in [2.75, 3.05) is 13.1 Å². The van der Waals surface area contributed by atoms with Crippen molar-refractivity contribution in [3.05, 3.63) is 18.5 Å². The zero-order chi connectivity index (χ0) is 18.1. The van der Waals surface area contributed by atoms with E-state index < -0.39 is 17.2 Å². The number of nitrogens with one attached hydrogen (secondary N) is 1. The number of aliphatic carboxylic acids is 2. The molecule has 1 aromatic rings. The summed E-state index contributed by atoms with van der Waals surface area (Å²) in [5, 5.41) is 28.4. The largest absolute Gasteiger partial charge is 0.481 e. The molecular formula is C15H24N4O4S. The third kappa shape index (κ3) is 6.32. The first kappa shape index (κ1) is 20.2. The number of carbonyl (C=O) groups is 2. The van der Waals surface area contributed by atoms with Gasteiger partial charge >= 0.3 is 5.97 Å². The Bertz CT molecular complexity index is 566. The van der Waals surface area contributed by atoms with E-state index in [0.717, 1.165) is 38.7 Å². The van der Waals surface area contributed by atoms with E-state index in [9.17, 15) is 4.79 Å². The Kier molecular flexibility index (Phi) is 8.48. The zero-order valence-corrected chi connectivity index (χ0v) is 14.8. The Hall–Kier alpha value is -1.87. The summed E-state index contributed by atoms with van der Waals surface area (Å²) < 4.78 is 1.99. The normalized spacial score (nSPS) is 15.9. The smallest absolute Gasteiger partial charge is 0.316 e. The molecule has 1 fully saturated rings. The van der Waals surface area contributed by atoms with Crippen LogP contribution < -0.4 is 5.32 Å². The minimum atomic E-state index is -0.841. The van der Waals surface area contributed by atoms with Crippen LogP contribution in [0.3, 0.4) is 0 Å². The summed E-state index contributed by atoms with van der Waals surface area (Å²) in [6.45, 7) is 9.09. The molecule has 134 valence electrons. The van der Waals surface area contributed by atoms with E-state index in [1.807, 2.05) is 4.57 Å². The molecule has 0 saturated carbocycles. The summed E-state index contributed by atoms with van der Waals surface area (Å²) in [6, 6.07) is 0. The number of nitrogens with zero attached hydrogens (tertiary/aromatic N) is 3. The van der Waals surface area contributed by atoms with Gasteiger partial charge in [-0.3, -0.25) is 9.59 Å². The van der Waals surface area contributed by atoms with Gasteiger partial charge in [-0.1, -0.05) is 17.8 Å². The van der Waals surface area contributed by atoms with Crippen LogP contribution in [0.5, 0.6) is 0 Å². The molecule has 2 heterocycles. The van der Waals surface area contributed by atoms with Crippen LogP contribution in [-0.2, 0) is 16.1 Å². The van der Waals surface area contributed by atoms with Crippen molar-refractivity contribution in [2.24, 2.45) is 0 Å². The summed E-state index contributed by atoms with van der Waals surface area (Å²) in [4.78, 5) is 20.0. The molecule has 24 heavy (non-hydrogen) atoms. The fourth-order valence-electron chi connectivity index (χ4n) is 2.28. The van der Waals surface area contributed by atoms with Gasteiger partial charge < -0.3 is 20.1 Å². The van der Waals surface area contributed by atoms with Crippen molar-refractivity contribution in [1.29, 1.82) is 0 Å². The highest BCUT2D eigenvalue weighted by Gasteiger charge is 2.24. The van der Waals surface area contributed by atoms with Crippen LogP contribution in [0.25, 0.3) is 0 Å². The predicted molar refractivity (Wildman–Crippen MR) is 91.3 cm³/mol. The molecule has 8 nitrogen and oxygen atoms in total. The molecule has 1 aromatic heterocycles. The summed E-state index contributed by atoms with van der Waals surface area (Å²) in [5.41, 5.74) is 0. The van der Waals surface area contributed by atoms with Crippen molar-refractivity contribution in [2.45, 2.75) is 49.6 Å². The van der Waals surface area contributed by atoms with Gasteiger partial charge in [0.1, 0.15) is 11.1 Å². The zero-order valence-electron chi connectivity index (χ0n) is 13.9. The highest BCUT2D eigenvalue weighted by atomic mass is 32.2. The van der Waals surface area contributed by atoms with E-state index in [2.05, 4.69) is 22.1 Å². The third-order valence-electron chi connectivity index (χ3n) is 3.39. The number of hydrogen-bond donors (Lipinski definition) is 3. The SMILES string of the molecule is C=CCn1c(SC(C)C(=O)O)nnc1C1CCNCC1.CC(=O)O. The molecule has 0 spiro atoms. The third-order valence-corrected chi connectivity index (χ3v) is 4.46. The van der Waals surface area contributed by atoms with Gasteiger partial charge in [-0.25, -0.2) is 0 Å². The molecule has 1 saturated heterocycles. The van der Waals surface area contributed by atoms with Gasteiger partial charge in [-0.15, -0.1) is 16.8 Å². The molecule has 0 aromatic carbocycles. The summed E-state index contributed by atoms with van der Waals surface area (Å²) in [5.74, 6) is -0.337. The quantitative estimate of drug-likeness (QED) is 0.519. The number of allylic oxidation sites excluding steroid dienone is 1. The van der Waals surface area contributed by atoms with E-state index in [1.54, 1.807) is 13.0 Å². The van der Waals surface area contributed by atoms with Crippen LogP contribution in [0.15, 0.2) is 17.8 Å². The van der Waals surface area contributed by atoms with Gasteiger partial charge in [-0.05, 0) is 32.9 Å². The number of carboxylic acids is 2. The maximum atomic E-state index is 11.0. The van der Waals surface area contributed by atoms with Crippen LogP contribution in [0, 0.1) is 0 Å². The monoisotopic (exact) mass is 356 g/mol. The number of piperidine rings is 1. The fraction of sp³-hybridized carbons (Fsp3) is 0.600. The summed E-state index contributed by atoms with van der Waals surface area (Å²) in [6.07, 6.45) is 3.87. The number of rotatable bonds is 6. The van der Waals surface area contributed by atoms with Crippen molar-refractivity contribution >= 4 is 23.7 Å². The van der Waals surface area contributed by atoms with E-state index in [4.69, 9.17) is 15.0 Å². The molecule has 1 aliphatic heterocycles. The second-order valence-corrected chi connectivity index (χ2v) is 6.69. The van der Waals surface area contributed by atoms with Crippen LogP contribution in [0.4, 0.5) is 0 Å². The molecule has 0 bridgehead atoms. The van der Waals surface area contributed by atoms with Gasteiger partial charge in [-0.2, -0.15) is 0 Å². The average Bonchev–Trinajstić information content (AvgIpc) is 2.91. The highest BCUT2D eigenvalue weighted by Crippen LogP contribution is 2.29. The van der Waals surface area contributed by atoms with Crippen LogP contribution in [-0.4, -0.2) is 55.3 Å². The van der Waals surface area contributed by atoms with Gasteiger partial charge in [0, 0.05) is 19.4 Å². The standard InChI is InChI=1S/C13H20N4O2S.C2H4O2/c1-3-8-17-11(10-4-6-14-7-5-10)15-16-13(17)20-9(2)12(18)19;1-2(3)4/h3,9-10,14H,1,4-8H2,2H3,(H,18,19);1H3,(H,3,4). The van der Waals surface area contributed by atoms with Crippen LogP contribution in [0.1, 0.15) is 38.4 Å².